The fourth-order valence-corrected chi connectivity index (χ4v) is 2.09. The van der Waals surface area contributed by atoms with Crippen LogP contribution in [0.15, 0.2) is 23.9 Å². The molecule has 84 valence electrons. The maximum atomic E-state index is 5.88. The van der Waals surface area contributed by atoms with Gasteiger partial charge in [0.2, 0.25) is 0 Å². The van der Waals surface area contributed by atoms with Gasteiger partial charge in [-0.1, -0.05) is 18.2 Å². The summed E-state index contributed by atoms with van der Waals surface area (Å²) in [5, 5.41) is 0. The first kappa shape index (κ1) is 10.7. The first-order chi connectivity index (χ1) is 7.36. The topological polar surface area (TPSA) is 38.5 Å². The molecule has 0 aromatic rings. The number of hydrogen-bond acceptors (Lipinski definition) is 3. The second kappa shape index (κ2) is 5.33. The van der Waals surface area contributed by atoms with E-state index in [1.165, 1.54) is 5.70 Å². The number of rotatable bonds is 1. The van der Waals surface area contributed by atoms with Crippen LogP contribution in [0.1, 0.15) is 19.3 Å². The van der Waals surface area contributed by atoms with E-state index in [1.807, 2.05) is 0 Å². The molecule has 2 rings (SSSR count). The number of nitrogens with zero attached hydrogens (tertiary/aromatic N) is 1. The highest BCUT2D eigenvalue weighted by Gasteiger charge is 2.13. The maximum absolute atomic E-state index is 5.88. The van der Waals surface area contributed by atoms with Crippen molar-refractivity contribution in [2.75, 3.05) is 26.3 Å². The van der Waals surface area contributed by atoms with Gasteiger partial charge in [-0.15, -0.1) is 0 Å². The molecule has 0 amide bonds. The molecule has 0 saturated carbocycles. The van der Waals surface area contributed by atoms with Crippen LogP contribution < -0.4 is 5.73 Å². The zero-order valence-electron chi connectivity index (χ0n) is 9.19. The van der Waals surface area contributed by atoms with Crippen LogP contribution in [-0.4, -0.2) is 37.2 Å². The third-order valence-electron chi connectivity index (χ3n) is 3.01. The molecular formula is C12H20N2O. The SMILES string of the molecule is NC1/C=C\C/C(N2CCOCC2)=C\CC1. The standard InChI is InChI=1S/C12H20N2O/c13-11-3-1-5-12(6-2-4-11)14-7-9-15-10-8-14/h1,3,6,11H,2,4-5,7-10,13H2/b3-1-,12-6+. The number of nitrogens with two attached hydrogens (primary N) is 1. The molecule has 1 fully saturated rings. The van der Waals surface area contributed by atoms with Crippen molar-refractivity contribution in [2.24, 2.45) is 5.73 Å². The van der Waals surface area contributed by atoms with Gasteiger partial charge in [-0.25, -0.2) is 0 Å². The zero-order valence-corrected chi connectivity index (χ0v) is 9.19. The van der Waals surface area contributed by atoms with E-state index in [0.29, 0.717) is 0 Å². The fraction of sp³-hybridized carbons (Fsp3) is 0.667. The van der Waals surface area contributed by atoms with E-state index >= 15 is 0 Å². The number of allylic oxidation sites excluding steroid dienone is 2. The lowest BCUT2D eigenvalue weighted by atomic mass is 10.1. The first-order valence-electron chi connectivity index (χ1n) is 5.80. The summed E-state index contributed by atoms with van der Waals surface area (Å²) in [4.78, 5) is 2.44. The van der Waals surface area contributed by atoms with Gasteiger partial charge in [-0.2, -0.15) is 0 Å². The molecule has 1 unspecified atom stereocenters. The van der Waals surface area contributed by atoms with Gasteiger partial charge in [-0.05, 0) is 12.8 Å². The van der Waals surface area contributed by atoms with E-state index in [1.54, 1.807) is 0 Å². The Morgan fingerprint density at radius 1 is 1.33 bits per heavy atom. The summed E-state index contributed by atoms with van der Waals surface area (Å²) in [5.74, 6) is 0. The van der Waals surface area contributed by atoms with Gasteiger partial charge in [0.15, 0.2) is 0 Å². The average molecular weight is 208 g/mol. The van der Waals surface area contributed by atoms with Crippen molar-refractivity contribution in [3.63, 3.8) is 0 Å². The maximum Gasteiger partial charge on any atom is 0.0642 e. The van der Waals surface area contributed by atoms with E-state index in [9.17, 15) is 0 Å². The van der Waals surface area contributed by atoms with Gasteiger partial charge in [-0.3, -0.25) is 0 Å². The predicted molar refractivity (Wildman–Crippen MR) is 61.4 cm³/mol. The summed E-state index contributed by atoms with van der Waals surface area (Å²) in [6, 6.07) is 0.243. The highest BCUT2D eigenvalue weighted by atomic mass is 16.5. The Hall–Kier alpha value is -0.800. The van der Waals surface area contributed by atoms with Crippen LogP contribution in [0.25, 0.3) is 0 Å². The van der Waals surface area contributed by atoms with E-state index in [4.69, 9.17) is 10.5 Å². The van der Waals surface area contributed by atoms with Crippen molar-refractivity contribution in [3.05, 3.63) is 23.9 Å². The molecule has 2 aliphatic rings. The molecule has 1 saturated heterocycles. The highest BCUT2D eigenvalue weighted by molar-refractivity contribution is 5.11. The van der Waals surface area contributed by atoms with Crippen LogP contribution >= 0.6 is 0 Å². The summed E-state index contributed by atoms with van der Waals surface area (Å²) in [6.07, 6.45) is 9.85. The molecule has 0 bridgehead atoms. The van der Waals surface area contributed by atoms with Gasteiger partial charge in [0, 0.05) is 31.2 Å². The Morgan fingerprint density at radius 2 is 2.13 bits per heavy atom. The minimum atomic E-state index is 0.243. The number of ether oxygens (including phenoxy) is 1. The molecule has 2 N–H and O–H groups in total. The summed E-state index contributed by atoms with van der Waals surface area (Å²) >= 11 is 0. The van der Waals surface area contributed by atoms with Gasteiger partial charge in [0.25, 0.3) is 0 Å². The Morgan fingerprint density at radius 3 is 2.93 bits per heavy atom. The summed E-state index contributed by atoms with van der Waals surface area (Å²) in [6.45, 7) is 3.79. The van der Waals surface area contributed by atoms with Crippen molar-refractivity contribution < 1.29 is 4.74 Å². The summed E-state index contributed by atoms with van der Waals surface area (Å²) in [7, 11) is 0. The van der Waals surface area contributed by atoms with Crippen molar-refractivity contribution in [2.45, 2.75) is 25.3 Å². The molecule has 1 aliphatic heterocycles. The Balaban J connectivity index is 1.95. The molecule has 3 nitrogen and oxygen atoms in total. The van der Waals surface area contributed by atoms with Crippen LogP contribution in [0.4, 0.5) is 0 Å². The van der Waals surface area contributed by atoms with Crippen LogP contribution in [0.2, 0.25) is 0 Å². The molecular weight excluding hydrogens is 188 g/mol. The Kier molecular flexibility index (Phi) is 3.80. The minimum absolute atomic E-state index is 0.243. The van der Waals surface area contributed by atoms with Crippen molar-refractivity contribution in [3.8, 4) is 0 Å². The van der Waals surface area contributed by atoms with Gasteiger partial charge < -0.3 is 15.4 Å². The van der Waals surface area contributed by atoms with Crippen LogP contribution in [-0.2, 0) is 4.74 Å². The zero-order chi connectivity index (χ0) is 10.5. The summed E-state index contributed by atoms with van der Waals surface area (Å²) in [5.41, 5.74) is 7.32. The fourth-order valence-electron chi connectivity index (χ4n) is 2.09. The molecule has 0 radical (unpaired) electrons. The molecule has 0 spiro atoms. The highest BCUT2D eigenvalue weighted by Crippen LogP contribution is 2.16. The molecule has 3 heteroatoms. The molecule has 0 aromatic carbocycles. The largest absolute Gasteiger partial charge is 0.378 e. The van der Waals surface area contributed by atoms with Gasteiger partial charge in [0.05, 0.1) is 13.2 Å². The van der Waals surface area contributed by atoms with E-state index in [0.717, 1.165) is 45.6 Å². The third kappa shape index (κ3) is 3.08. The lowest BCUT2D eigenvalue weighted by Crippen LogP contribution is -2.35. The smallest absolute Gasteiger partial charge is 0.0642 e. The van der Waals surface area contributed by atoms with Crippen LogP contribution in [0, 0.1) is 0 Å². The van der Waals surface area contributed by atoms with Crippen molar-refractivity contribution >= 4 is 0 Å². The lowest BCUT2D eigenvalue weighted by Gasteiger charge is -2.31. The third-order valence-corrected chi connectivity index (χ3v) is 3.01. The van der Waals surface area contributed by atoms with Crippen molar-refractivity contribution in [1.82, 2.24) is 4.90 Å². The van der Waals surface area contributed by atoms with E-state index < -0.39 is 0 Å². The lowest BCUT2D eigenvalue weighted by molar-refractivity contribution is 0.0526. The van der Waals surface area contributed by atoms with Gasteiger partial charge in [0.1, 0.15) is 0 Å². The van der Waals surface area contributed by atoms with Crippen LogP contribution in [0.5, 0.6) is 0 Å². The molecule has 0 aromatic heterocycles. The van der Waals surface area contributed by atoms with Gasteiger partial charge >= 0.3 is 0 Å². The number of morpholine rings is 1. The first-order valence-corrected chi connectivity index (χ1v) is 5.80. The van der Waals surface area contributed by atoms with Crippen LogP contribution in [0.3, 0.4) is 0 Å². The second-order valence-corrected chi connectivity index (χ2v) is 4.17. The monoisotopic (exact) mass is 208 g/mol. The normalized spacial score (nSPS) is 33.8. The molecule has 1 aliphatic carbocycles. The average Bonchev–Trinajstić information content (AvgIpc) is 2.24. The Bertz CT molecular complexity index is 254. The van der Waals surface area contributed by atoms with E-state index in [-0.39, 0.29) is 6.04 Å². The summed E-state index contributed by atoms with van der Waals surface area (Å²) < 4.78 is 5.36. The molecule has 15 heavy (non-hydrogen) atoms. The quantitative estimate of drug-likeness (QED) is 0.660. The molecule has 1 atom stereocenters. The molecule has 1 heterocycles. The Labute approximate surface area is 91.6 Å². The minimum Gasteiger partial charge on any atom is -0.378 e. The predicted octanol–water partition coefficient (Wildman–Crippen LogP) is 1.27. The van der Waals surface area contributed by atoms with Crippen molar-refractivity contribution in [1.29, 1.82) is 0 Å². The van der Waals surface area contributed by atoms with E-state index in [2.05, 4.69) is 23.1 Å². The number of hydrogen-bond donors (Lipinski definition) is 1. The second-order valence-electron chi connectivity index (χ2n) is 4.17.